The van der Waals surface area contributed by atoms with Gasteiger partial charge in [-0.1, -0.05) is 19.9 Å². The van der Waals surface area contributed by atoms with Crippen molar-refractivity contribution >= 4 is 11.9 Å². The van der Waals surface area contributed by atoms with E-state index >= 15 is 0 Å². The summed E-state index contributed by atoms with van der Waals surface area (Å²) in [4.78, 5) is 28.3. The molecule has 1 fully saturated rings. The Bertz CT molecular complexity index is 843. The van der Waals surface area contributed by atoms with Crippen molar-refractivity contribution in [3.8, 4) is 5.69 Å². The summed E-state index contributed by atoms with van der Waals surface area (Å²) < 4.78 is 20.1. The van der Waals surface area contributed by atoms with Gasteiger partial charge in [-0.3, -0.25) is 4.79 Å². The number of benzene rings is 1. The van der Waals surface area contributed by atoms with Gasteiger partial charge in [-0.15, -0.1) is 5.10 Å². The minimum Gasteiger partial charge on any atom is -0.479 e. The lowest BCUT2D eigenvalue weighted by molar-refractivity contribution is -0.144. The lowest BCUT2D eigenvalue weighted by atomic mass is 9.99. The number of hydrogen-bond acceptors (Lipinski definition) is 5. The molecule has 1 aromatic heterocycles. The van der Waals surface area contributed by atoms with Gasteiger partial charge in [-0.05, 0) is 18.2 Å². The highest BCUT2D eigenvalue weighted by molar-refractivity contribution is 5.95. The van der Waals surface area contributed by atoms with Crippen LogP contribution in [0, 0.1) is 5.82 Å². The van der Waals surface area contributed by atoms with E-state index in [4.69, 9.17) is 4.74 Å². The third-order valence-corrected chi connectivity index (χ3v) is 4.19. The van der Waals surface area contributed by atoms with Gasteiger partial charge >= 0.3 is 5.97 Å². The Morgan fingerprint density at radius 1 is 1.42 bits per heavy atom. The maximum absolute atomic E-state index is 13.5. The zero-order valence-electron chi connectivity index (χ0n) is 14.4. The molecule has 9 heteroatoms. The van der Waals surface area contributed by atoms with E-state index in [1.807, 2.05) is 13.8 Å². The van der Waals surface area contributed by atoms with E-state index in [1.54, 1.807) is 6.07 Å². The van der Waals surface area contributed by atoms with Gasteiger partial charge < -0.3 is 15.2 Å². The molecule has 0 bridgehead atoms. The molecule has 1 aliphatic rings. The Labute approximate surface area is 149 Å². The summed E-state index contributed by atoms with van der Waals surface area (Å²) in [6.07, 6.45) is 0.162. The Hall–Kier alpha value is -2.81. The molecule has 3 rings (SSSR count). The van der Waals surface area contributed by atoms with Crippen LogP contribution < -0.4 is 5.32 Å². The number of rotatable bonds is 5. The van der Waals surface area contributed by atoms with Gasteiger partial charge in [0.2, 0.25) is 5.82 Å². The Balaban J connectivity index is 1.94. The van der Waals surface area contributed by atoms with Crippen LogP contribution in [0.4, 0.5) is 4.39 Å². The minimum absolute atomic E-state index is 0.0874. The lowest BCUT2D eigenvalue weighted by Gasteiger charge is -2.22. The summed E-state index contributed by atoms with van der Waals surface area (Å²) in [6, 6.07) is 5.77. The number of amides is 1. The van der Waals surface area contributed by atoms with Crippen molar-refractivity contribution in [2.24, 2.45) is 0 Å². The first-order valence-corrected chi connectivity index (χ1v) is 8.19. The molecule has 2 heterocycles. The summed E-state index contributed by atoms with van der Waals surface area (Å²) in [6.45, 7) is 3.86. The van der Waals surface area contributed by atoms with Gasteiger partial charge in [0.1, 0.15) is 11.6 Å². The van der Waals surface area contributed by atoms with Crippen LogP contribution in [-0.4, -0.2) is 50.5 Å². The van der Waals surface area contributed by atoms with Crippen LogP contribution in [0.1, 0.15) is 42.6 Å². The normalized spacial score (nSPS) is 19.7. The van der Waals surface area contributed by atoms with E-state index in [0.29, 0.717) is 11.5 Å². The zero-order chi connectivity index (χ0) is 18.9. The van der Waals surface area contributed by atoms with Gasteiger partial charge in [-0.25, -0.2) is 18.9 Å². The van der Waals surface area contributed by atoms with E-state index < -0.39 is 23.2 Å². The summed E-state index contributed by atoms with van der Waals surface area (Å²) in [7, 11) is 0. The monoisotopic (exact) mass is 362 g/mol. The van der Waals surface area contributed by atoms with Crippen LogP contribution in [0.25, 0.3) is 5.69 Å². The fourth-order valence-corrected chi connectivity index (χ4v) is 2.75. The molecule has 2 N–H and O–H groups in total. The van der Waals surface area contributed by atoms with Crippen molar-refractivity contribution in [3.05, 3.63) is 41.7 Å². The second-order valence-electron chi connectivity index (χ2n) is 6.48. The van der Waals surface area contributed by atoms with Crippen LogP contribution >= 0.6 is 0 Å². The maximum atomic E-state index is 13.5. The van der Waals surface area contributed by atoms with Crippen LogP contribution in [0.3, 0.4) is 0 Å². The van der Waals surface area contributed by atoms with Gasteiger partial charge in [0.15, 0.2) is 5.54 Å². The molecule has 1 atom stereocenters. The van der Waals surface area contributed by atoms with Crippen molar-refractivity contribution in [1.82, 2.24) is 20.1 Å². The molecule has 1 unspecified atom stereocenters. The van der Waals surface area contributed by atoms with E-state index in [9.17, 15) is 19.1 Å². The third-order valence-electron chi connectivity index (χ3n) is 4.19. The first-order chi connectivity index (χ1) is 12.3. The molecule has 0 radical (unpaired) electrons. The first kappa shape index (κ1) is 18.0. The predicted octanol–water partition coefficient (Wildman–Crippen LogP) is 1.50. The number of aliphatic carboxylic acids is 1. The average Bonchev–Trinajstić information content (AvgIpc) is 3.22. The number of carboxylic acid groups (broad SMARTS) is 1. The molecule has 8 nitrogen and oxygen atoms in total. The fraction of sp³-hybridized carbons (Fsp3) is 0.412. The molecule has 1 saturated heterocycles. The minimum atomic E-state index is -1.49. The van der Waals surface area contributed by atoms with Crippen molar-refractivity contribution in [2.45, 2.75) is 31.7 Å². The van der Waals surface area contributed by atoms with Crippen LogP contribution in [0.15, 0.2) is 24.3 Å². The summed E-state index contributed by atoms with van der Waals surface area (Å²) >= 11 is 0. The molecule has 1 aromatic carbocycles. The molecule has 138 valence electrons. The second-order valence-corrected chi connectivity index (χ2v) is 6.48. The highest BCUT2D eigenvalue weighted by atomic mass is 19.1. The zero-order valence-corrected chi connectivity index (χ0v) is 14.4. The van der Waals surface area contributed by atoms with Gasteiger partial charge in [0.05, 0.1) is 12.3 Å². The van der Waals surface area contributed by atoms with Crippen molar-refractivity contribution in [2.75, 3.05) is 13.2 Å². The molecular formula is C17H19FN4O4. The summed E-state index contributed by atoms with van der Waals surface area (Å²) in [5.74, 6) is -2.12. The average molecular weight is 362 g/mol. The maximum Gasteiger partial charge on any atom is 0.331 e. The first-order valence-electron chi connectivity index (χ1n) is 8.19. The standard InChI is InChI=1S/C17H19FN4O4/c1-10(2)14-19-13(21-22(14)12-5-3-4-11(18)8-12)15(23)20-17(16(24)25)6-7-26-9-17/h3-5,8,10H,6-7,9H2,1-2H3,(H,20,23)(H,24,25). The SMILES string of the molecule is CC(C)c1nc(C(=O)NC2(C(=O)O)CCOC2)nn1-c1cccc(F)c1. The molecule has 1 amide bonds. The Morgan fingerprint density at radius 2 is 2.19 bits per heavy atom. The number of aromatic nitrogens is 3. The smallest absolute Gasteiger partial charge is 0.331 e. The number of halogens is 1. The molecule has 0 spiro atoms. The topological polar surface area (TPSA) is 106 Å². The van der Waals surface area contributed by atoms with Crippen molar-refractivity contribution in [3.63, 3.8) is 0 Å². The number of ether oxygens (including phenoxy) is 1. The summed E-state index contributed by atoms with van der Waals surface area (Å²) in [5, 5.41) is 16.1. The van der Waals surface area contributed by atoms with Gasteiger partial charge in [-0.2, -0.15) is 0 Å². The van der Waals surface area contributed by atoms with E-state index in [1.165, 1.54) is 22.9 Å². The van der Waals surface area contributed by atoms with Crippen LogP contribution in [0.2, 0.25) is 0 Å². The molecule has 0 saturated carbocycles. The van der Waals surface area contributed by atoms with Crippen LogP contribution in [0.5, 0.6) is 0 Å². The third kappa shape index (κ3) is 3.30. The Morgan fingerprint density at radius 3 is 2.77 bits per heavy atom. The molecule has 1 aliphatic heterocycles. The number of carbonyl (C=O) groups is 2. The fourth-order valence-electron chi connectivity index (χ4n) is 2.75. The highest BCUT2D eigenvalue weighted by Gasteiger charge is 2.44. The van der Waals surface area contributed by atoms with Gasteiger partial charge in [0, 0.05) is 18.9 Å². The molecule has 2 aromatic rings. The Kier molecular flexibility index (Phi) is 4.73. The number of carbonyl (C=O) groups excluding carboxylic acids is 1. The quantitative estimate of drug-likeness (QED) is 0.835. The number of carboxylic acids is 1. The van der Waals surface area contributed by atoms with E-state index in [0.717, 1.165) is 0 Å². The van der Waals surface area contributed by atoms with Crippen molar-refractivity contribution in [1.29, 1.82) is 0 Å². The second kappa shape index (κ2) is 6.83. The summed E-state index contributed by atoms with van der Waals surface area (Å²) in [5.41, 5.74) is -1.06. The number of hydrogen-bond donors (Lipinski definition) is 2. The van der Waals surface area contributed by atoms with Gasteiger partial charge in [0.25, 0.3) is 5.91 Å². The van der Waals surface area contributed by atoms with E-state index in [2.05, 4.69) is 15.4 Å². The predicted molar refractivity (Wildman–Crippen MR) is 88.7 cm³/mol. The number of nitrogens with zero attached hydrogens (tertiary/aromatic N) is 3. The molecule has 26 heavy (non-hydrogen) atoms. The number of nitrogens with one attached hydrogen (secondary N) is 1. The molecular weight excluding hydrogens is 343 g/mol. The largest absolute Gasteiger partial charge is 0.479 e. The molecule has 0 aliphatic carbocycles. The lowest BCUT2D eigenvalue weighted by Crippen LogP contribution is -2.55. The van der Waals surface area contributed by atoms with E-state index in [-0.39, 0.29) is 31.4 Å². The van der Waals surface area contributed by atoms with Crippen molar-refractivity contribution < 1.29 is 23.8 Å². The highest BCUT2D eigenvalue weighted by Crippen LogP contribution is 2.21. The van der Waals surface area contributed by atoms with Crippen LogP contribution in [-0.2, 0) is 9.53 Å².